The summed E-state index contributed by atoms with van der Waals surface area (Å²) in [5.74, 6) is -1.63. The Hall–Kier alpha value is -1.47. The molecule has 1 amide bonds. The smallest absolute Gasteiger partial charge is 0.226 e. The molecule has 0 bridgehead atoms. The molecule has 116 valence electrons. The first-order valence-corrected chi connectivity index (χ1v) is 8.47. The van der Waals surface area contributed by atoms with Gasteiger partial charge in [0.1, 0.15) is 5.82 Å². The van der Waals surface area contributed by atoms with E-state index in [0.717, 1.165) is 18.6 Å². The van der Waals surface area contributed by atoms with Crippen molar-refractivity contribution in [2.75, 3.05) is 18.8 Å². The minimum Gasteiger partial charge on any atom is -0.341 e. The number of amides is 1. The van der Waals surface area contributed by atoms with Crippen LogP contribution in [-0.2, 0) is 14.6 Å². The van der Waals surface area contributed by atoms with Crippen molar-refractivity contribution in [1.29, 1.82) is 0 Å². The van der Waals surface area contributed by atoms with Crippen LogP contribution in [0.5, 0.6) is 0 Å². The van der Waals surface area contributed by atoms with Gasteiger partial charge in [0.2, 0.25) is 5.91 Å². The molecule has 0 aromatic heterocycles. The van der Waals surface area contributed by atoms with E-state index in [-0.39, 0.29) is 22.6 Å². The molecule has 1 aromatic rings. The van der Waals surface area contributed by atoms with Gasteiger partial charge in [0.05, 0.1) is 10.6 Å². The molecule has 7 heteroatoms. The Balaban J connectivity index is 2.05. The zero-order valence-electron chi connectivity index (χ0n) is 11.8. The number of hydrogen-bond acceptors (Lipinski definition) is 4. The molecule has 0 radical (unpaired) electrons. The first kappa shape index (κ1) is 15.9. The third-order valence-electron chi connectivity index (χ3n) is 3.60. The number of halogens is 1. The van der Waals surface area contributed by atoms with Crippen molar-refractivity contribution in [1.82, 2.24) is 4.90 Å². The first-order valence-electron chi connectivity index (χ1n) is 6.82. The van der Waals surface area contributed by atoms with Crippen LogP contribution in [0.15, 0.2) is 29.2 Å². The Kier molecular flexibility index (Phi) is 4.63. The maximum atomic E-state index is 12.8. The Bertz CT molecular complexity index is 616. The van der Waals surface area contributed by atoms with Crippen molar-refractivity contribution < 1.29 is 17.6 Å². The molecular weight excluding hydrogens is 295 g/mol. The topological polar surface area (TPSA) is 80.5 Å². The Labute approximate surface area is 123 Å². The Morgan fingerprint density at radius 3 is 2.57 bits per heavy atom. The lowest BCUT2D eigenvalue weighted by Crippen LogP contribution is -2.37. The predicted molar refractivity (Wildman–Crippen MR) is 76.8 cm³/mol. The van der Waals surface area contributed by atoms with Crippen LogP contribution in [0.3, 0.4) is 0 Å². The van der Waals surface area contributed by atoms with E-state index < -0.39 is 21.6 Å². The van der Waals surface area contributed by atoms with E-state index >= 15 is 0 Å². The molecule has 21 heavy (non-hydrogen) atoms. The van der Waals surface area contributed by atoms with Crippen molar-refractivity contribution in [3.8, 4) is 0 Å². The summed E-state index contributed by atoms with van der Waals surface area (Å²) < 4.78 is 37.3. The SMILES string of the molecule is CC(CS(=O)(=O)c1ccc(F)cc1)C(=O)N1CC[C@@H](N)C1. The lowest BCUT2D eigenvalue weighted by molar-refractivity contribution is -0.133. The molecule has 1 heterocycles. The first-order chi connectivity index (χ1) is 9.79. The number of carbonyl (C=O) groups is 1. The highest BCUT2D eigenvalue weighted by Crippen LogP contribution is 2.18. The van der Waals surface area contributed by atoms with E-state index in [9.17, 15) is 17.6 Å². The molecule has 2 atom stereocenters. The minimum atomic E-state index is -3.61. The normalized spacial score (nSPS) is 20.5. The highest BCUT2D eigenvalue weighted by Gasteiger charge is 2.30. The molecule has 2 N–H and O–H groups in total. The molecule has 1 aliphatic rings. The van der Waals surface area contributed by atoms with Crippen LogP contribution in [0.2, 0.25) is 0 Å². The van der Waals surface area contributed by atoms with Gasteiger partial charge in [-0.1, -0.05) is 6.92 Å². The van der Waals surface area contributed by atoms with Gasteiger partial charge in [0.25, 0.3) is 0 Å². The maximum Gasteiger partial charge on any atom is 0.226 e. The zero-order valence-corrected chi connectivity index (χ0v) is 12.6. The maximum absolute atomic E-state index is 12.8. The van der Waals surface area contributed by atoms with Crippen molar-refractivity contribution >= 4 is 15.7 Å². The molecule has 1 saturated heterocycles. The molecule has 0 saturated carbocycles. The van der Waals surface area contributed by atoms with E-state index in [1.54, 1.807) is 11.8 Å². The molecule has 1 aromatic carbocycles. The number of hydrogen-bond donors (Lipinski definition) is 1. The van der Waals surface area contributed by atoms with Crippen LogP contribution in [-0.4, -0.2) is 44.1 Å². The second kappa shape index (κ2) is 6.11. The Morgan fingerprint density at radius 2 is 2.05 bits per heavy atom. The van der Waals surface area contributed by atoms with Crippen LogP contribution in [0.4, 0.5) is 4.39 Å². The van der Waals surface area contributed by atoms with Crippen molar-refractivity contribution in [3.05, 3.63) is 30.1 Å². The average molecular weight is 314 g/mol. The van der Waals surface area contributed by atoms with Gasteiger partial charge >= 0.3 is 0 Å². The van der Waals surface area contributed by atoms with Gasteiger partial charge < -0.3 is 10.6 Å². The quantitative estimate of drug-likeness (QED) is 0.834. The number of benzene rings is 1. The third kappa shape index (κ3) is 3.79. The largest absolute Gasteiger partial charge is 0.341 e. The fourth-order valence-electron chi connectivity index (χ4n) is 2.44. The van der Waals surface area contributed by atoms with E-state index in [0.29, 0.717) is 13.1 Å². The fourth-order valence-corrected chi connectivity index (χ4v) is 3.98. The number of likely N-dealkylation sites (tertiary alicyclic amines) is 1. The lowest BCUT2D eigenvalue weighted by Gasteiger charge is -2.20. The van der Waals surface area contributed by atoms with Crippen molar-refractivity contribution in [2.24, 2.45) is 11.7 Å². The summed E-state index contributed by atoms with van der Waals surface area (Å²) in [5.41, 5.74) is 5.75. The summed E-state index contributed by atoms with van der Waals surface area (Å²) in [6.45, 7) is 2.63. The monoisotopic (exact) mass is 314 g/mol. The van der Waals surface area contributed by atoms with Gasteiger partial charge in [0, 0.05) is 25.0 Å². The van der Waals surface area contributed by atoms with Gasteiger partial charge in [-0.3, -0.25) is 4.79 Å². The van der Waals surface area contributed by atoms with E-state index in [4.69, 9.17) is 5.73 Å². The number of nitrogens with zero attached hydrogens (tertiary/aromatic N) is 1. The van der Waals surface area contributed by atoms with Crippen LogP contribution < -0.4 is 5.73 Å². The summed E-state index contributed by atoms with van der Waals surface area (Å²) in [6, 6.07) is 4.59. The number of carbonyl (C=O) groups excluding carboxylic acids is 1. The van der Waals surface area contributed by atoms with Crippen molar-refractivity contribution in [2.45, 2.75) is 24.3 Å². The summed E-state index contributed by atoms with van der Waals surface area (Å²) >= 11 is 0. The standard InChI is InChI=1S/C14H19FN2O3S/c1-10(14(18)17-7-6-12(16)8-17)9-21(19,20)13-4-2-11(15)3-5-13/h2-5,10,12H,6-9,16H2,1H3/t10?,12-/m1/s1. The van der Waals surface area contributed by atoms with Gasteiger partial charge in [-0.25, -0.2) is 12.8 Å². The van der Waals surface area contributed by atoms with E-state index in [2.05, 4.69) is 0 Å². The number of nitrogens with two attached hydrogens (primary N) is 1. The summed E-state index contributed by atoms with van der Waals surface area (Å²) in [4.78, 5) is 13.8. The van der Waals surface area contributed by atoms with Crippen LogP contribution >= 0.6 is 0 Å². The number of sulfone groups is 1. The summed E-state index contributed by atoms with van der Waals surface area (Å²) in [5, 5.41) is 0. The molecule has 1 fully saturated rings. The molecule has 0 aliphatic carbocycles. The van der Waals surface area contributed by atoms with Crippen LogP contribution in [0.25, 0.3) is 0 Å². The van der Waals surface area contributed by atoms with Crippen LogP contribution in [0, 0.1) is 11.7 Å². The highest BCUT2D eigenvalue weighted by molar-refractivity contribution is 7.91. The summed E-state index contributed by atoms with van der Waals surface area (Å²) in [7, 11) is -3.61. The molecule has 1 unspecified atom stereocenters. The van der Waals surface area contributed by atoms with Crippen molar-refractivity contribution in [3.63, 3.8) is 0 Å². The molecular formula is C14H19FN2O3S. The van der Waals surface area contributed by atoms with E-state index in [1.165, 1.54) is 12.1 Å². The van der Waals surface area contributed by atoms with Crippen LogP contribution in [0.1, 0.15) is 13.3 Å². The third-order valence-corrected chi connectivity index (χ3v) is 5.53. The van der Waals surface area contributed by atoms with E-state index in [1.807, 2.05) is 0 Å². The second-order valence-electron chi connectivity index (χ2n) is 5.47. The summed E-state index contributed by atoms with van der Waals surface area (Å²) in [6.07, 6.45) is 0.739. The fraction of sp³-hybridized carbons (Fsp3) is 0.500. The molecule has 5 nitrogen and oxygen atoms in total. The van der Waals surface area contributed by atoms with Gasteiger partial charge in [-0.2, -0.15) is 0 Å². The minimum absolute atomic E-state index is 0.0293. The average Bonchev–Trinajstić information content (AvgIpc) is 2.84. The lowest BCUT2D eigenvalue weighted by atomic mass is 10.2. The highest BCUT2D eigenvalue weighted by atomic mass is 32.2. The second-order valence-corrected chi connectivity index (χ2v) is 7.50. The zero-order chi connectivity index (χ0) is 15.6. The number of rotatable bonds is 4. The van der Waals surface area contributed by atoms with Gasteiger partial charge in [0.15, 0.2) is 9.84 Å². The molecule has 2 rings (SSSR count). The predicted octanol–water partition coefficient (Wildman–Crippen LogP) is 0.795. The van der Waals surface area contributed by atoms with Gasteiger partial charge in [-0.05, 0) is 30.7 Å². The Morgan fingerprint density at radius 1 is 1.43 bits per heavy atom. The molecule has 0 spiro atoms. The molecule has 1 aliphatic heterocycles. The van der Waals surface area contributed by atoms with Gasteiger partial charge in [-0.15, -0.1) is 0 Å².